The topological polar surface area (TPSA) is 93.1 Å². The summed E-state index contributed by atoms with van der Waals surface area (Å²) in [7, 11) is -3.76. The van der Waals surface area contributed by atoms with Gasteiger partial charge in [-0.15, -0.1) is 0 Å². The second kappa shape index (κ2) is 8.45. The molecule has 0 spiro atoms. The fraction of sp³-hybridized carbons (Fsp3) is 0.0435. The summed E-state index contributed by atoms with van der Waals surface area (Å²) in [6, 6.07) is 20.2. The Bertz CT molecular complexity index is 1300. The van der Waals surface area contributed by atoms with Crippen molar-refractivity contribution in [2.45, 2.75) is 11.8 Å². The molecule has 3 aromatic carbocycles. The molecular formula is C23H20N4O3S. The van der Waals surface area contributed by atoms with Crippen LogP contribution in [-0.4, -0.2) is 23.9 Å². The van der Waals surface area contributed by atoms with Gasteiger partial charge in [-0.3, -0.25) is 9.52 Å². The number of nitrogens with zero attached hydrogens (tertiary/aromatic N) is 2. The molecule has 7 nitrogen and oxygen atoms in total. The van der Waals surface area contributed by atoms with E-state index in [-0.39, 0.29) is 10.8 Å². The molecule has 156 valence electrons. The third-order valence-corrected chi connectivity index (χ3v) is 6.06. The zero-order valence-corrected chi connectivity index (χ0v) is 17.5. The second-order valence-corrected chi connectivity index (χ2v) is 8.62. The largest absolute Gasteiger partial charge is 0.320 e. The standard InChI is InChI=1S/C23H20N4O3S/c1-17-6-10-19(11-7-17)26-31(29,30)20-12-8-18(9-13-20)23(28)25-21-4-2-3-5-22(21)27-15-14-24-16-27/h2-16,26H,1H3,(H,25,28). The third-order valence-electron chi connectivity index (χ3n) is 4.67. The molecule has 31 heavy (non-hydrogen) atoms. The maximum absolute atomic E-state index is 12.7. The molecule has 0 aliphatic carbocycles. The average molecular weight is 433 g/mol. The molecule has 1 heterocycles. The summed E-state index contributed by atoms with van der Waals surface area (Å²) >= 11 is 0. The molecule has 1 amide bonds. The number of sulfonamides is 1. The number of carbonyl (C=O) groups is 1. The van der Waals surface area contributed by atoms with Crippen molar-refractivity contribution >= 4 is 27.3 Å². The monoisotopic (exact) mass is 432 g/mol. The number of benzene rings is 3. The van der Waals surface area contributed by atoms with Crippen LogP contribution in [0.4, 0.5) is 11.4 Å². The molecule has 4 aromatic rings. The fourth-order valence-corrected chi connectivity index (χ4v) is 4.08. The summed E-state index contributed by atoms with van der Waals surface area (Å²) in [6.45, 7) is 1.93. The van der Waals surface area contributed by atoms with Crippen LogP contribution in [0, 0.1) is 6.92 Å². The van der Waals surface area contributed by atoms with Crippen molar-refractivity contribution in [1.82, 2.24) is 9.55 Å². The van der Waals surface area contributed by atoms with Gasteiger partial charge in [0.15, 0.2) is 0 Å². The molecular weight excluding hydrogens is 412 g/mol. The Morgan fingerprint density at radius 3 is 2.32 bits per heavy atom. The minimum absolute atomic E-state index is 0.0726. The normalized spacial score (nSPS) is 11.1. The van der Waals surface area contributed by atoms with Gasteiger partial charge in [0.1, 0.15) is 0 Å². The molecule has 0 fully saturated rings. The highest BCUT2D eigenvalue weighted by molar-refractivity contribution is 7.92. The highest BCUT2D eigenvalue weighted by atomic mass is 32.2. The molecule has 0 saturated carbocycles. The van der Waals surface area contributed by atoms with Gasteiger partial charge in [-0.2, -0.15) is 0 Å². The Labute approximate surface area is 180 Å². The predicted molar refractivity (Wildman–Crippen MR) is 120 cm³/mol. The highest BCUT2D eigenvalue weighted by Crippen LogP contribution is 2.21. The van der Waals surface area contributed by atoms with Crippen LogP contribution >= 0.6 is 0 Å². The summed E-state index contributed by atoms with van der Waals surface area (Å²) in [5.41, 5.74) is 3.24. The Morgan fingerprint density at radius 2 is 1.65 bits per heavy atom. The van der Waals surface area contributed by atoms with Gasteiger partial charge in [0, 0.05) is 23.6 Å². The Balaban J connectivity index is 1.51. The Hall–Kier alpha value is -3.91. The van der Waals surface area contributed by atoms with E-state index in [1.807, 2.05) is 37.3 Å². The number of aryl methyl sites for hydroxylation is 1. The average Bonchev–Trinajstić information content (AvgIpc) is 3.30. The maximum atomic E-state index is 12.7. The maximum Gasteiger partial charge on any atom is 0.261 e. The van der Waals surface area contributed by atoms with E-state index in [0.717, 1.165) is 11.3 Å². The fourth-order valence-electron chi connectivity index (χ4n) is 3.02. The number of anilines is 2. The summed E-state index contributed by atoms with van der Waals surface area (Å²) in [6.07, 6.45) is 5.08. The lowest BCUT2D eigenvalue weighted by Crippen LogP contribution is -2.15. The van der Waals surface area contributed by atoms with E-state index in [9.17, 15) is 13.2 Å². The summed E-state index contributed by atoms with van der Waals surface area (Å²) in [4.78, 5) is 16.8. The van der Waals surface area contributed by atoms with Gasteiger partial charge in [0.05, 0.1) is 22.6 Å². The molecule has 0 unspecified atom stereocenters. The van der Waals surface area contributed by atoms with Crippen LogP contribution < -0.4 is 10.0 Å². The van der Waals surface area contributed by atoms with E-state index < -0.39 is 10.0 Å². The first kappa shape index (κ1) is 20.4. The van der Waals surface area contributed by atoms with Gasteiger partial charge in [-0.05, 0) is 55.5 Å². The van der Waals surface area contributed by atoms with E-state index in [1.54, 1.807) is 41.5 Å². The molecule has 0 saturated heterocycles. The van der Waals surface area contributed by atoms with Crippen LogP contribution in [0.3, 0.4) is 0 Å². The van der Waals surface area contributed by atoms with Crippen LogP contribution in [0.25, 0.3) is 5.69 Å². The molecule has 4 rings (SSSR count). The molecule has 0 atom stereocenters. The molecule has 0 bridgehead atoms. The van der Waals surface area contributed by atoms with Crippen molar-refractivity contribution in [3.63, 3.8) is 0 Å². The van der Waals surface area contributed by atoms with E-state index in [4.69, 9.17) is 0 Å². The smallest absolute Gasteiger partial charge is 0.261 e. The van der Waals surface area contributed by atoms with Crippen molar-refractivity contribution in [2.75, 3.05) is 10.0 Å². The van der Waals surface area contributed by atoms with Crippen molar-refractivity contribution < 1.29 is 13.2 Å². The van der Waals surface area contributed by atoms with E-state index in [2.05, 4.69) is 15.0 Å². The number of hydrogen-bond acceptors (Lipinski definition) is 4. The zero-order chi connectivity index (χ0) is 21.8. The first-order valence-corrected chi connectivity index (χ1v) is 11.0. The van der Waals surface area contributed by atoms with Gasteiger partial charge in [-0.25, -0.2) is 13.4 Å². The van der Waals surface area contributed by atoms with Crippen molar-refractivity contribution in [3.8, 4) is 5.69 Å². The molecule has 0 aliphatic rings. The number of aromatic nitrogens is 2. The SMILES string of the molecule is Cc1ccc(NS(=O)(=O)c2ccc(C(=O)Nc3ccccc3-n3ccnc3)cc2)cc1. The van der Waals surface area contributed by atoms with E-state index >= 15 is 0 Å². The molecule has 0 radical (unpaired) electrons. The Morgan fingerprint density at radius 1 is 0.935 bits per heavy atom. The first-order chi connectivity index (χ1) is 14.9. The lowest BCUT2D eigenvalue weighted by molar-refractivity contribution is 0.102. The van der Waals surface area contributed by atoms with Crippen LogP contribution in [0.1, 0.15) is 15.9 Å². The third kappa shape index (κ3) is 4.65. The lowest BCUT2D eigenvalue weighted by atomic mass is 10.2. The van der Waals surface area contributed by atoms with E-state index in [1.165, 1.54) is 24.3 Å². The van der Waals surface area contributed by atoms with Gasteiger partial charge < -0.3 is 9.88 Å². The quantitative estimate of drug-likeness (QED) is 0.477. The second-order valence-electron chi connectivity index (χ2n) is 6.94. The number of rotatable bonds is 6. The predicted octanol–water partition coefficient (Wildman–Crippen LogP) is 4.23. The van der Waals surface area contributed by atoms with Crippen LogP contribution in [0.5, 0.6) is 0 Å². The van der Waals surface area contributed by atoms with Crippen LogP contribution in [0.15, 0.2) is 96.4 Å². The number of hydrogen-bond donors (Lipinski definition) is 2. The van der Waals surface area contributed by atoms with Crippen LogP contribution in [0.2, 0.25) is 0 Å². The number of amides is 1. The Kier molecular flexibility index (Phi) is 5.55. The van der Waals surface area contributed by atoms with Gasteiger partial charge >= 0.3 is 0 Å². The molecule has 8 heteroatoms. The summed E-state index contributed by atoms with van der Waals surface area (Å²) < 4.78 is 29.6. The minimum Gasteiger partial charge on any atom is -0.320 e. The van der Waals surface area contributed by atoms with E-state index in [0.29, 0.717) is 16.9 Å². The van der Waals surface area contributed by atoms with Crippen LogP contribution in [-0.2, 0) is 10.0 Å². The summed E-state index contributed by atoms with van der Waals surface area (Å²) in [5, 5.41) is 2.87. The molecule has 2 N–H and O–H groups in total. The van der Waals surface area contributed by atoms with Gasteiger partial charge in [0.2, 0.25) is 0 Å². The van der Waals surface area contributed by atoms with Gasteiger partial charge in [0.25, 0.3) is 15.9 Å². The van der Waals surface area contributed by atoms with Crippen molar-refractivity contribution in [1.29, 1.82) is 0 Å². The number of carbonyl (C=O) groups excluding carboxylic acids is 1. The van der Waals surface area contributed by atoms with Gasteiger partial charge in [-0.1, -0.05) is 29.8 Å². The van der Waals surface area contributed by atoms with Crippen molar-refractivity contribution in [3.05, 3.63) is 103 Å². The first-order valence-electron chi connectivity index (χ1n) is 9.51. The minimum atomic E-state index is -3.76. The van der Waals surface area contributed by atoms with Crippen molar-refractivity contribution in [2.24, 2.45) is 0 Å². The number of para-hydroxylation sites is 2. The summed E-state index contributed by atoms with van der Waals surface area (Å²) in [5.74, 6) is -0.344. The highest BCUT2D eigenvalue weighted by Gasteiger charge is 2.16. The molecule has 0 aliphatic heterocycles. The number of nitrogens with one attached hydrogen (secondary N) is 2. The molecule has 1 aromatic heterocycles. The zero-order valence-electron chi connectivity index (χ0n) is 16.7. The lowest BCUT2D eigenvalue weighted by Gasteiger charge is -2.12. The number of imidazole rings is 1.